The molecule has 4 N–H and O–H groups in total. The zero-order valence-corrected chi connectivity index (χ0v) is 15.7. The quantitative estimate of drug-likeness (QED) is 0.635. The Morgan fingerprint density at radius 2 is 1.75 bits per heavy atom. The zero-order chi connectivity index (χ0) is 20.0. The summed E-state index contributed by atoms with van der Waals surface area (Å²) in [5, 5.41) is 39.7. The Kier molecular flexibility index (Phi) is 5.24. The molecular formula is C22H25FO5. The molecule has 5 nitrogen and oxygen atoms in total. The number of halogens is 1. The fourth-order valence-corrected chi connectivity index (χ4v) is 4.08. The molecule has 2 aromatic rings. The van der Waals surface area contributed by atoms with Gasteiger partial charge in [0.05, 0.1) is 6.61 Å². The highest BCUT2D eigenvalue weighted by molar-refractivity contribution is 5.42. The van der Waals surface area contributed by atoms with Crippen LogP contribution in [0.15, 0.2) is 30.3 Å². The van der Waals surface area contributed by atoms with Gasteiger partial charge in [0.1, 0.15) is 36.3 Å². The van der Waals surface area contributed by atoms with Gasteiger partial charge in [-0.3, -0.25) is 0 Å². The number of hydrogen-bond donors (Lipinski definition) is 4. The van der Waals surface area contributed by atoms with Gasteiger partial charge in [0.2, 0.25) is 0 Å². The average Bonchev–Trinajstić information content (AvgIpc) is 2.65. The molecule has 0 aromatic heterocycles. The lowest BCUT2D eigenvalue weighted by Crippen LogP contribution is -2.55. The molecule has 28 heavy (non-hydrogen) atoms. The fourth-order valence-electron chi connectivity index (χ4n) is 4.08. The summed E-state index contributed by atoms with van der Waals surface area (Å²) in [5.74, 6) is -0.553. The minimum Gasteiger partial charge on any atom is -0.394 e. The monoisotopic (exact) mass is 388 g/mol. The lowest BCUT2D eigenvalue weighted by atomic mass is 9.85. The van der Waals surface area contributed by atoms with Crippen LogP contribution >= 0.6 is 0 Å². The number of rotatable bonds is 4. The molecule has 0 unspecified atom stereocenters. The van der Waals surface area contributed by atoms with Crippen molar-refractivity contribution in [3.8, 4) is 0 Å². The van der Waals surface area contributed by atoms with Crippen LogP contribution in [0.2, 0.25) is 0 Å². The van der Waals surface area contributed by atoms with Gasteiger partial charge in [0.15, 0.2) is 0 Å². The molecule has 1 aliphatic heterocycles. The second-order valence-electron chi connectivity index (χ2n) is 7.83. The second kappa shape index (κ2) is 7.54. The van der Waals surface area contributed by atoms with E-state index in [-0.39, 0.29) is 5.56 Å². The summed E-state index contributed by atoms with van der Waals surface area (Å²) >= 11 is 0. The third kappa shape index (κ3) is 3.36. The molecule has 4 rings (SSSR count). The van der Waals surface area contributed by atoms with Gasteiger partial charge in [0.25, 0.3) is 0 Å². The first-order valence-corrected chi connectivity index (χ1v) is 9.59. The maximum atomic E-state index is 14.7. The Hall–Kier alpha value is -1.83. The van der Waals surface area contributed by atoms with Crippen LogP contribution in [0.1, 0.15) is 39.5 Å². The standard InChI is InChI=1S/C22H25FO5/c1-11-6-17(23)16(22-21(27)20(26)19(25)18(10-24)28-22)9-15(11)8-12-2-3-13-4-5-14(13)7-12/h2-3,6-7,9,18-22,24-27H,4-5,8,10H2,1H3/t18-,19-,20+,21-,22+/m1/s1. The fraction of sp³-hybridized carbons (Fsp3) is 0.455. The predicted octanol–water partition coefficient (Wildman–Crippen LogP) is 1.34. The van der Waals surface area contributed by atoms with E-state index >= 15 is 0 Å². The van der Waals surface area contributed by atoms with Crippen LogP contribution < -0.4 is 0 Å². The van der Waals surface area contributed by atoms with E-state index in [9.17, 15) is 24.8 Å². The Balaban J connectivity index is 1.65. The second-order valence-corrected chi connectivity index (χ2v) is 7.83. The molecule has 2 aromatic carbocycles. The van der Waals surface area contributed by atoms with Gasteiger partial charge in [-0.25, -0.2) is 4.39 Å². The molecule has 0 bridgehead atoms. The van der Waals surface area contributed by atoms with Crippen molar-refractivity contribution in [3.05, 3.63) is 69.5 Å². The van der Waals surface area contributed by atoms with E-state index in [1.807, 2.05) is 6.92 Å². The van der Waals surface area contributed by atoms with Crippen LogP contribution in [-0.2, 0) is 24.0 Å². The number of ether oxygens (including phenoxy) is 1. The average molecular weight is 388 g/mol. The summed E-state index contributed by atoms with van der Waals surface area (Å²) in [6, 6.07) is 9.43. The van der Waals surface area contributed by atoms with Gasteiger partial charge >= 0.3 is 0 Å². The van der Waals surface area contributed by atoms with Crippen molar-refractivity contribution in [2.45, 2.75) is 56.7 Å². The number of hydrogen-bond acceptors (Lipinski definition) is 5. The summed E-state index contributed by atoms with van der Waals surface area (Å²) < 4.78 is 20.2. The SMILES string of the molecule is Cc1cc(F)c([C@@H]2O[C@H](CO)[C@@H](O)[C@H](O)[C@H]2O)cc1Cc1ccc2c(c1)CC2. The van der Waals surface area contributed by atoms with Crippen molar-refractivity contribution in [1.29, 1.82) is 0 Å². The van der Waals surface area contributed by atoms with E-state index < -0.39 is 42.9 Å². The molecular weight excluding hydrogens is 363 g/mol. The highest BCUT2D eigenvalue weighted by atomic mass is 19.1. The molecule has 0 amide bonds. The van der Waals surface area contributed by atoms with Gasteiger partial charge in [-0.1, -0.05) is 18.2 Å². The van der Waals surface area contributed by atoms with Crippen LogP contribution in [0.5, 0.6) is 0 Å². The van der Waals surface area contributed by atoms with E-state index in [0.717, 1.165) is 29.5 Å². The Morgan fingerprint density at radius 1 is 1.00 bits per heavy atom. The van der Waals surface area contributed by atoms with Gasteiger partial charge in [-0.2, -0.15) is 0 Å². The highest BCUT2D eigenvalue weighted by Crippen LogP contribution is 2.35. The molecule has 1 saturated heterocycles. The largest absolute Gasteiger partial charge is 0.394 e. The molecule has 1 heterocycles. The molecule has 6 heteroatoms. The number of fused-ring (bicyclic) bond motifs is 1. The maximum absolute atomic E-state index is 14.7. The minimum atomic E-state index is -1.53. The van der Waals surface area contributed by atoms with Gasteiger partial charge in [-0.05, 0) is 66.1 Å². The van der Waals surface area contributed by atoms with Crippen LogP contribution in [-0.4, -0.2) is 51.4 Å². The summed E-state index contributed by atoms with van der Waals surface area (Å²) in [6.45, 7) is 1.29. The number of aryl methyl sites for hydroxylation is 3. The first kappa shape index (κ1) is 19.5. The van der Waals surface area contributed by atoms with E-state index in [0.29, 0.717) is 6.42 Å². The Labute approximate surface area is 163 Å². The van der Waals surface area contributed by atoms with Crippen molar-refractivity contribution in [3.63, 3.8) is 0 Å². The minimum absolute atomic E-state index is 0.112. The molecule has 150 valence electrons. The maximum Gasteiger partial charge on any atom is 0.129 e. The van der Waals surface area contributed by atoms with Crippen molar-refractivity contribution in [1.82, 2.24) is 0 Å². The van der Waals surface area contributed by atoms with Crippen molar-refractivity contribution < 1.29 is 29.6 Å². The Morgan fingerprint density at radius 3 is 2.39 bits per heavy atom. The topological polar surface area (TPSA) is 90.2 Å². The summed E-state index contributed by atoms with van der Waals surface area (Å²) in [6.07, 6.45) is -3.93. The van der Waals surface area contributed by atoms with Gasteiger partial charge in [0, 0.05) is 5.56 Å². The van der Waals surface area contributed by atoms with E-state index in [2.05, 4.69) is 18.2 Å². The van der Waals surface area contributed by atoms with E-state index in [1.54, 1.807) is 6.07 Å². The van der Waals surface area contributed by atoms with E-state index in [4.69, 9.17) is 4.74 Å². The van der Waals surface area contributed by atoms with Crippen molar-refractivity contribution in [2.75, 3.05) is 6.61 Å². The molecule has 5 atom stereocenters. The van der Waals surface area contributed by atoms with Crippen molar-refractivity contribution in [2.24, 2.45) is 0 Å². The highest BCUT2D eigenvalue weighted by Gasteiger charge is 2.44. The predicted molar refractivity (Wildman–Crippen MR) is 101 cm³/mol. The summed E-state index contributed by atoms with van der Waals surface area (Å²) in [7, 11) is 0. The zero-order valence-electron chi connectivity index (χ0n) is 15.7. The number of aliphatic hydroxyl groups is 4. The first-order chi connectivity index (χ1) is 13.4. The molecule has 0 radical (unpaired) electrons. The van der Waals surface area contributed by atoms with Crippen LogP contribution in [0.25, 0.3) is 0 Å². The first-order valence-electron chi connectivity index (χ1n) is 9.59. The molecule has 0 spiro atoms. The van der Waals surface area contributed by atoms with Gasteiger partial charge in [-0.15, -0.1) is 0 Å². The van der Waals surface area contributed by atoms with Crippen molar-refractivity contribution >= 4 is 0 Å². The number of benzene rings is 2. The third-order valence-corrected chi connectivity index (χ3v) is 5.98. The van der Waals surface area contributed by atoms with Crippen LogP contribution in [0.4, 0.5) is 4.39 Å². The Bertz CT molecular complexity index is 881. The number of aliphatic hydroxyl groups excluding tert-OH is 4. The van der Waals surface area contributed by atoms with Crippen LogP contribution in [0.3, 0.4) is 0 Å². The normalized spacial score (nSPS) is 29.3. The van der Waals surface area contributed by atoms with Crippen LogP contribution in [0, 0.1) is 12.7 Å². The molecule has 1 fully saturated rings. The summed E-state index contributed by atoms with van der Waals surface area (Å²) in [4.78, 5) is 0. The third-order valence-electron chi connectivity index (χ3n) is 5.98. The lowest BCUT2D eigenvalue weighted by Gasteiger charge is -2.40. The molecule has 0 saturated carbocycles. The molecule has 2 aliphatic rings. The lowest BCUT2D eigenvalue weighted by molar-refractivity contribution is -0.232. The summed E-state index contributed by atoms with van der Waals surface area (Å²) in [5.41, 5.74) is 5.66. The van der Waals surface area contributed by atoms with E-state index in [1.165, 1.54) is 17.2 Å². The molecule has 1 aliphatic carbocycles. The smallest absolute Gasteiger partial charge is 0.129 e. The van der Waals surface area contributed by atoms with Gasteiger partial charge < -0.3 is 25.2 Å².